The molecule has 0 saturated carbocycles. The van der Waals surface area contributed by atoms with Crippen molar-refractivity contribution >= 4 is 18.0 Å². The van der Waals surface area contributed by atoms with Gasteiger partial charge < -0.3 is 24.5 Å². The number of nitrogens with zero attached hydrogens (tertiary/aromatic N) is 1. The zero-order valence-corrected chi connectivity index (χ0v) is 19.9. The van der Waals surface area contributed by atoms with Gasteiger partial charge in [0.05, 0.1) is 6.54 Å². The molecule has 0 unspecified atom stereocenters. The van der Waals surface area contributed by atoms with Crippen molar-refractivity contribution in [1.29, 1.82) is 0 Å². The zero-order valence-electron chi connectivity index (χ0n) is 19.9. The molecule has 1 aliphatic rings. The number of carboxylic acid groups (broad SMARTS) is 1. The topological polar surface area (TPSA) is 109 Å². The van der Waals surface area contributed by atoms with Crippen molar-refractivity contribution in [2.24, 2.45) is 5.92 Å². The highest BCUT2D eigenvalue weighted by atomic mass is 16.5. The number of ether oxygens (including phenoxy) is 1. The zero-order chi connectivity index (χ0) is 25.1. The van der Waals surface area contributed by atoms with E-state index in [9.17, 15) is 14.4 Å². The summed E-state index contributed by atoms with van der Waals surface area (Å²) in [5.74, 6) is -1.65. The van der Waals surface area contributed by atoms with Crippen LogP contribution in [0.25, 0.3) is 11.1 Å². The Balaban J connectivity index is 1.39. The van der Waals surface area contributed by atoms with Crippen LogP contribution in [0.15, 0.2) is 65.1 Å². The number of hydrogen-bond donors (Lipinski definition) is 2. The molecule has 0 bridgehead atoms. The number of benzene rings is 2. The quantitative estimate of drug-likeness (QED) is 0.496. The van der Waals surface area contributed by atoms with Gasteiger partial charge in [-0.15, -0.1) is 0 Å². The first-order chi connectivity index (χ1) is 16.8. The summed E-state index contributed by atoms with van der Waals surface area (Å²) in [7, 11) is 1.57. The third kappa shape index (κ3) is 5.06. The van der Waals surface area contributed by atoms with Crippen LogP contribution >= 0.6 is 0 Å². The largest absolute Gasteiger partial charge is 0.475 e. The minimum absolute atomic E-state index is 0.0711. The Bertz CT molecular complexity index is 1200. The molecule has 1 atom stereocenters. The summed E-state index contributed by atoms with van der Waals surface area (Å²) in [6.07, 6.45) is -0.668. The molecule has 0 aliphatic heterocycles. The van der Waals surface area contributed by atoms with Crippen LogP contribution in [0.1, 0.15) is 47.2 Å². The predicted molar refractivity (Wildman–Crippen MR) is 129 cm³/mol. The SMILES string of the molecule is CC(C)[C@@H](NC(=O)OCC1c2ccccc2-c2ccccc21)C(=O)N(C)Cc1ccc(C(=O)O)o1. The normalized spacial score (nSPS) is 13.1. The molecule has 1 aliphatic carbocycles. The number of rotatable bonds is 8. The molecule has 3 aromatic rings. The molecule has 35 heavy (non-hydrogen) atoms. The molecule has 2 aromatic carbocycles. The van der Waals surface area contributed by atoms with Crippen LogP contribution in [0.5, 0.6) is 0 Å². The second kappa shape index (κ2) is 10.0. The van der Waals surface area contributed by atoms with Crippen molar-refractivity contribution in [3.63, 3.8) is 0 Å². The second-order valence-electron chi connectivity index (χ2n) is 8.96. The molecule has 8 heteroatoms. The average Bonchev–Trinajstić information content (AvgIpc) is 3.43. The number of carbonyl (C=O) groups excluding carboxylic acids is 2. The van der Waals surface area contributed by atoms with E-state index in [1.54, 1.807) is 7.05 Å². The van der Waals surface area contributed by atoms with E-state index in [-0.39, 0.29) is 36.7 Å². The fourth-order valence-electron chi connectivity index (χ4n) is 4.41. The van der Waals surface area contributed by atoms with Gasteiger partial charge in [-0.1, -0.05) is 62.4 Å². The lowest BCUT2D eigenvalue weighted by molar-refractivity contribution is -0.133. The Kier molecular flexibility index (Phi) is 6.91. The Labute approximate surface area is 203 Å². The van der Waals surface area contributed by atoms with Crippen LogP contribution in [0.4, 0.5) is 4.79 Å². The van der Waals surface area contributed by atoms with Gasteiger partial charge in [0.15, 0.2) is 0 Å². The summed E-state index contributed by atoms with van der Waals surface area (Å²) in [6, 6.07) is 18.2. The van der Waals surface area contributed by atoms with Crippen molar-refractivity contribution in [2.75, 3.05) is 13.7 Å². The van der Waals surface area contributed by atoms with Crippen molar-refractivity contribution in [3.05, 3.63) is 83.3 Å². The van der Waals surface area contributed by atoms with Crippen molar-refractivity contribution < 1.29 is 28.6 Å². The monoisotopic (exact) mass is 476 g/mol. The van der Waals surface area contributed by atoms with Crippen LogP contribution in [0, 0.1) is 5.92 Å². The number of aromatic carboxylic acids is 1. The maximum absolute atomic E-state index is 13.1. The van der Waals surface area contributed by atoms with Crippen LogP contribution in [-0.4, -0.2) is 47.7 Å². The number of carbonyl (C=O) groups is 3. The standard InChI is InChI=1S/C27H28N2O6/c1-16(2)24(25(30)29(3)14-17-12-13-23(35-17)26(31)32)28-27(33)34-15-22-20-10-6-4-8-18(20)19-9-5-7-11-21(19)22/h4-13,16,22,24H,14-15H2,1-3H3,(H,28,33)(H,31,32)/t24-/m1/s1. The van der Waals surface area contributed by atoms with Crippen LogP contribution in [-0.2, 0) is 16.1 Å². The number of hydrogen-bond acceptors (Lipinski definition) is 5. The molecule has 8 nitrogen and oxygen atoms in total. The first-order valence-electron chi connectivity index (χ1n) is 11.4. The molecular formula is C27H28N2O6. The van der Waals surface area contributed by atoms with Gasteiger partial charge in [0.1, 0.15) is 18.4 Å². The van der Waals surface area contributed by atoms with E-state index in [1.165, 1.54) is 17.0 Å². The first-order valence-corrected chi connectivity index (χ1v) is 11.4. The second-order valence-corrected chi connectivity index (χ2v) is 8.96. The van der Waals surface area contributed by atoms with Gasteiger partial charge >= 0.3 is 12.1 Å². The van der Waals surface area contributed by atoms with E-state index in [1.807, 2.05) is 50.2 Å². The highest BCUT2D eigenvalue weighted by Crippen LogP contribution is 2.44. The van der Waals surface area contributed by atoms with Crippen LogP contribution in [0.3, 0.4) is 0 Å². The molecule has 0 radical (unpaired) electrons. The summed E-state index contributed by atoms with van der Waals surface area (Å²) in [4.78, 5) is 38.2. The maximum atomic E-state index is 13.1. The van der Waals surface area contributed by atoms with Gasteiger partial charge in [0.25, 0.3) is 0 Å². The Morgan fingerprint density at radius 1 is 1.00 bits per heavy atom. The maximum Gasteiger partial charge on any atom is 0.407 e. The van der Waals surface area contributed by atoms with Crippen molar-refractivity contribution in [3.8, 4) is 11.1 Å². The summed E-state index contributed by atoms with van der Waals surface area (Å²) < 4.78 is 10.8. The number of carboxylic acids is 1. The number of furan rings is 1. The molecule has 0 fully saturated rings. The summed E-state index contributed by atoms with van der Waals surface area (Å²) in [6.45, 7) is 3.88. The van der Waals surface area contributed by atoms with E-state index in [4.69, 9.17) is 14.3 Å². The Hall–Kier alpha value is -4.07. The first kappa shape index (κ1) is 24.1. The molecule has 2 amide bonds. The Morgan fingerprint density at radius 2 is 1.60 bits per heavy atom. The molecular weight excluding hydrogens is 448 g/mol. The van der Waals surface area contributed by atoms with Gasteiger partial charge in [-0.25, -0.2) is 9.59 Å². The number of nitrogens with one attached hydrogen (secondary N) is 1. The van der Waals surface area contributed by atoms with Crippen molar-refractivity contribution in [1.82, 2.24) is 10.2 Å². The van der Waals surface area contributed by atoms with Crippen molar-refractivity contribution in [2.45, 2.75) is 32.4 Å². The van der Waals surface area contributed by atoms with Gasteiger partial charge in [-0.2, -0.15) is 0 Å². The van der Waals surface area contributed by atoms with E-state index in [2.05, 4.69) is 17.4 Å². The lowest BCUT2D eigenvalue weighted by atomic mass is 9.98. The number of fused-ring (bicyclic) bond motifs is 3. The highest BCUT2D eigenvalue weighted by Gasteiger charge is 2.31. The summed E-state index contributed by atoms with van der Waals surface area (Å²) >= 11 is 0. The van der Waals surface area contributed by atoms with Gasteiger partial charge in [-0.3, -0.25) is 4.79 Å². The van der Waals surface area contributed by atoms with Crippen LogP contribution < -0.4 is 5.32 Å². The minimum atomic E-state index is -1.18. The smallest absolute Gasteiger partial charge is 0.407 e. The molecule has 182 valence electrons. The Morgan fingerprint density at radius 3 is 2.14 bits per heavy atom. The predicted octanol–water partition coefficient (Wildman–Crippen LogP) is 4.50. The fourth-order valence-corrected chi connectivity index (χ4v) is 4.41. The highest BCUT2D eigenvalue weighted by molar-refractivity contribution is 5.86. The minimum Gasteiger partial charge on any atom is -0.475 e. The number of amides is 2. The van der Waals surface area contributed by atoms with E-state index in [0.29, 0.717) is 5.76 Å². The van der Waals surface area contributed by atoms with E-state index >= 15 is 0 Å². The van der Waals surface area contributed by atoms with Gasteiger partial charge in [-0.05, 0) is 40.3 Å². The van der Waals surface area contributed by atoms with Gasteiger partial charge in [0.2, 0.25) is 11.7 Å². The molecule has 0 saturated heterocycles. The summed E-state index contributed by atoms with van der Waals surface area (Å²) in [5, 5.41) is 11.7. The number of likely N-dealkylation sites (N-methyl/N-ethyl adjacent to an activating group) is 1. The lowest BCUT2D eigenvalue weighted by Crippen LogP contribution is -2.50. The number of alkyl carbamates (subject to hydrolysis) is 1. The molecule has 1 aromatic heterocycles. The van der Waals surface area contributed by atoms with Gasteiger partial charge in [0, 0.05) is 13.0 Å². The third-order valence-electron chi connectivity index (χ3n) is 6.19. The lowest BCUT2D eigenvalue weighted by Gasteiger charge is -2.26. The molecule has 1 heterocycles. The molecule has 2 N–H and O–H groups in total. The summed E-state index contributed by atoms with van der Waals surface area (Å²) in [5.41, 5.74) is 4.49. The molecule has 4 rings (SSSR count). The van der Waals surface area contributed by atoms with E-state index in [0.717, 1.165) is 22.3 Å². The van der Waals surface area contributed by atoms with E-state index < -0.39 is 18.1 Å². The average molecular weight is 477 g/mol. The third-order valence-corrected chi connectivity index (χ3v) is 6.19. The molecule has 0 spiro atoms. The van der Waals surface area contributed by atoms with Crippen LogP contribution in [0.2, 0.25) is 0 Å². The fraction of sp³-hybridized carbons (Fsp3) is 0.296.